The number of ether oxygens (including phenoxy) is 4. The van der Waals surface area contributed by atoms with Gasteiger partial charge in [-0.15, -0.1) is 0 Å². The van der Waals surface area contributed by atoms with Crippen LogP contribution >= 0.6 is 0 Å². The number of aromatic nitrogens is 8. The minimum atomic E-state index is -0.228. The van der Waals surface area contributed by atoms with Gasteiger partial charge in [0.2, 0.25) is 11.5 Å². The molecule has 330 valence electrons. The first-order valence-electron chi connectivity index (χ1n) is 22.1. The minimum absolute atomic E-state index is 0.212. The first-order chi connectivity index (χ1) is 30.2. The Morgan fingerprint density at radius 1 is 0.344 bits per heavy atom. The maximum atomic E-state index is 7.03. The molecule has 0 saturated carbocycles. The molecule has 2 aliphatic rings. The Kier molecular flexibility index (Phi) is 10.4. The number of benzene rings is 4. The van der Waals surface area contributed by atoms with E-state index in [1.54, 1.807) is 0 Å². The predicted octanol–water partition coefficient (Wildman–Crippen LogP) is 12.6. The van der Waals surface area contributed by atoms with Crippen LogP contribution in [0.25, 0.3) is 89.7 Å². The molecule has 3 aromatic heterocycles. The molecule has 2 N–H and O–H groups in total. The zero-order valence-corrected chi connectivity index (χ0v) is 39.1. The van der Waals surface area contributed by atoms with Crippen molar-refractivity contribution in [2.75, 3.05) is 26.4 Å². The second kappa shape index (κ2) is 15.6. The number of H-pyrrole nitrogens is 2. The van der Waals surface area contributed by atoms with Crippen molar-refractivity contribution in [1.82, 2.24) is 39.9 Å². The molecule has 0 fully saturated rings. The quantitative estimate of drug-likeness (QED) is 0.151. The summed E-state index contributed by atoms with van der Waals surface area (Å²) in [6.07, 6.45) is 0. The molecule has 0 radical (unpaired) electrons. The zero-order chi connectivity index (χ0) is 45.3. The van der Waals surface area contributed by atoms with Crippen LogP contribution < -0.4 is 18.9 Å². The summed E-state index contributed by atoms with van der Waals surface area (Å²) < 4.78 is 27.9. The average molecular weight is 859 g/mol. The Bertz CT molecular complexity index is 2920. The zero-order valence-electron chi connectivity index (χ0n) is 39.1. The summed E-state index contributed by atoms with van der Waals surface area (Å²) in [6.45, 7) is 27.2. The van der Waals surface area contributed by atoms with Gasteiger partial charge in [0.15, 0.2) is 34.8 Å². The van der Waals surface area contributed by atoms with Crippen molar-refractivity contribution >= 4 is 44.1 Å². The summed E-state index contributed by atoms with van der Waals surface area (Å²) in [4.78, 5) is 38.6. The van der Waals surface area contributed by atoms with E-state index in [9.17, 15) is 0 Å². The molecule has 5 heterocycles. The molecule has 8 bridgehead atoms. The highest BCUT2D eigenvalue weighted by molar-refractivity contribution is 6.14. The fraction of sp³-hybridized carbons (Fsp3) is 0.385. The third-order valence-electron chi connectivity index (χ3n) is 10.4. The number of hydrogen-bond donors (Lipinski definition) is 2. The number of aromatic amines is 2. The maximum absolute atomic E-state index is 7.03. The predicted molar refractivity (Wildman–Crippen MR) is 256 cm³/mol. The first-order valence-corrected chi connectivity index (χ1v) is 22.1. The Morgan fingerprint density at radius 3 is 0.922 bits per heavy atom. The second-order valence-corrected chi connectivity index (χ2v) is 21.7. The molecule has 0 amide bonds. The Hall–Kier alpha value is -6.56. The third kappa shape index (κ3) is 8.57. The third-order valence-corrected chi connectivity index (χ3v) is 10.4. The van der Waals surface area contributed by atoms with E-state index in [0.29, 0.717) is 106 Å². The van der Waals surface area contributed by atoms with Gasteiger partial charge in [-0.2, -0.15) is 0 Å². The lowest BCUT2D eigenvalue weighted by Crippen LogP contribution is -2.22. The molecule has 12 nitrogen and oxygen atoms in total. The van der Waals surface area contributed by atoms with Gasteiger partial charge in [0.25, 0.3) is 0 Å². The highest BCUT2D eigenvalue weighted by atomic mass is 16.6. The molecule has 0 unspecified atom stereocenters. The number of fused-ring (bicyclic) bond motifs is 20. The molecular formula is C52H58N8O4. The Balaban J connectivity index is 1.51. The van der Waals surface area contributed by atoms with E-state index >= 15 is 0 Å². The monoisotopic (exact) mass is 858 g/mol. The van der Waals surface area contributed by atoms with Gasteiger partial charge in [-0.3, -0.25) is 0 Å². The van der Waals surface area contributed by atoms with Crippen LogP contribution in [-0.2, 0) is 0 Å². The van der Waals surface area contributed by atoms with E-state index in [1.807, 2.05) is 72.8 Å². The van der Waals surface area contributed by atoms with Crippen molar-refractivity contribution in [3.8, 4) is 68.5 Å². The fourth-order valence-electron chi connectivity index (χ4n) is 7.48. The van der Waals surface area contributed by atoms with Crippen molar-refractivity contribution in [2.24, 2.45) is 21.7 Å². The van der Waals surface area contributed by atoms with Crippen molar-refractivity contribution in [3.63, 3.8) is 0 Å². The summed E-state index contributed by atoms with van der Waals surface area (Å²) in [5.74, 6) is 3.80. The summed E-state index contributed by atoms with van der Waals surface area (Å²) in [7, 11) is 0. The van der Waals surface area contributed by atoms with Crippen LogP contribution in [0, 0.1) is 21.7 Å². The fourth-order valence-corrected chi connectivity index (χ4v) is 7.48. The highest BCUT2D eigenvalue weighted by Crippen LogP contribution is 2.55. The number of nitrogens with one attached hydrogen (secondary N) is 2. The lowest BCUT2D eigenvalue weighted by Gasteiger charge is -2.28. The number of rotatable bonds is 8. The van der Waals surface area contributed by atoms with E-state index in [1.165, 1.54) is 0 Å². The van der Waals surface area contributed by atoms with Crippen molar-refractivity contribution < 1.29 is 18.9 Å². The van der Waals surface area contributed by atoms with Gasteiger partial charge in [-0.25, -0.2) is 29.9 Å². The second-order valence-electron chi connectivity index (χ2n) is 21.7. The Morgan fingerprint density at radius 2 is 0.609 bits per heavy atom. The molecular weight excluding hydrogens is 801 g/mol. The van der Waals surface area contributed by atoms with E-state index in [0.717, 1.165) is 33.0 Å². The number of hydrogen-bond acceptors (Lipinski definition) is 10. The van der Waals surface area contributed by atoms with Crippen LogP contribution in [0.4, 0.5) is 0 Å². The molecule has 2 aliphatic heterocycles. The summed E-state index contributed by atoms with van der Waals surface area (Å²) in [6, 6.07) is 24.1. The Labute approximate surface area is 374 Å². The molecule has 64 heavy (non-hydrogen) atoms. The summed E-state index contributed by atoms with van der Waals surface area (Å²) in [5, 5.41) is 3.06. The van der Waals surface area contributed by atoms with E-state index in [2.05, 4.69) is 93.1 Å². The van der Waals surface area contributed by atoms with Crippen molar-refractivity contribution in [2.45, 2.75) is 83.1 Å². The van der Waals surface area contributed by atoms with E-state index in [-0.39, 0.29) is 21.7 Å². The normalized spacial score (nSPS) is 12.9. The van der Waals surface area contributed by atoms with Crippen molar-refractivity contribution in [3.05, 3.63) is 72.8 Å². The van der Waals surface area contributed by atoms with Crippen LogP contribution in [0.5, 0.6) is 23.0 Å². The molecule has 0 aliphatic carbocycles. The first kappa shape index (κ1) is 42.7. The molecule has 0 atom stereocenters. The van der Waals surface area contributed by atoms with Gasteiger partial charge in [-0.1, -0.05) is 156 Å². The van der Waals surface area contributed by atoms with Gasteiger partial charge >= 0.3 is 0 Å². The minimum Gasteiger partial charge on any atom is -0.488 e. The average Bonchev–Trinajstić information content (AvgIpc) is 3.95. The smallest absolute Gasteiger partial charge is 0.208 e. The maximum Gasteiger partial charge on any atom is 0.208 e. The summed E-state index contributed by atoms with van der Waals surface area (Å²) in [5.41, 5.74) is 4.65. The van der Waals surface area contributed by atoms with Crippen LogP contribution in [0.3, 0.4) is 0 Å². The standard InChI is InChI=1S/C52H58N8O4/c1-49(2,3)25-61-37-35-36(38(62-26-50(4,5)6)40(64-28-52(10,11)12)39(37)63-27-51(7,8)9)48-59-46-34-24-18-16-22-32(34)44(57-46)55-42-30-20-14-13-19-29(30)41(53-42)54-43-31-21-15-17-23-33(31)45(56-43)58-47(35)60-48/h13-24H,25-28H2,1-12H3,(H2,53,54,55,56,57,58,59,60). The van der Waals surface area contributed by atoms with Gasteiger partial charge in [0.05, 0.1) is 37.2 Å². The molecule has 0 spiro atoms. The lowest BCUT2D eigenvalue weighted by atomic mass is 9.97. The summed E-state index contributed by atoms with van der Waals surface area (Å²) >= 11 is 0. The van der Waals surface area contributed by atoms with Crippen LogP contribution in [0.1, 0.15) is 83.1 Å². The molecule has 4 aromatic carbocycles. The van der Waals surface area contributed by atoms with Gasteiger partial charge < -0.3 is 28.9 Å². The van der Waals surface area contributed by atoms with E-state index < -0.39 is 0 Å². The molecule has 12 heteroatoms. The van der Waals surface area contributed by atoms with Gasteiger partial charge in [0, 0.05) is 33.0 Å². The topological polar surface area (TPSA) is 146 Å². The lowest BCUT2D eigenvalue weighted by molar-refractivity contribution is 0.142. The van der Waals surface area contributed by atoms with Crippen LogP contribution in [0.2, 0.25) is 0 Å². The van der Waals surface area contributed by atoms with Crippen molar-refractivity contribution in [1.29, 1.82) is 0 Å². The largest absolute Gasteiger partial charge is 0.488 e. The van der Waals surface area contributed by atoms with Crippen LogP contribution in [0.15, 0.2) is 72.8 Å². The van der Waals surface area contributed by atoms with Gasteiger partial charge in [0.1, 0.15) is 22.6 Å². The van der Waals surface area contributed by atoms with E-state index in [4.69, 9.17) is 48.9 Å². The highest BCUT2D eigenvalue weighted by Gasteiger charge is 2.33. The van der Waals surface area contributed by atoms with Gasteiger partial charge in [-0.05, 0) is 21.7 Å². The van der Waals surface area contributed by atoms with Crippen LogP contribution in [-0.4, -0.2) is 66.3 Å². The number of nitrogens with zero attached hydrogens (tertiary/aromatic N) is 6. The molecule has 0 saturated heterocycles. The molecule has 9 rings (SSSR count). The molecule has 7 aromatic rings. The SMILES string of the molecule is CC(C)(C)COc1c(OCC(C)(C)C)c(OCC(C)(C)C)c2c3nc4nc(nc5[nH]c(nc6nc(nc([nH]3)c2c1OCC(C)(C)C)-c1ccccc1-6)c1ccccc51)-c1ccccc1-4.